The Balaban J connectivity index is 1.92. The van der Waals surface area contributed by atoms with Crippen molar-refractivity contribution in [2.24, 2.45) is 11.3 Å². The van der Waals surface area contributed by atoms with E-state index in [4.69, 9.17) is 4.74 Å². The number of ether oxygens (including phenoxy) is 1. The quantitative estimate of drug-likeness (QED) is 0.497. The number of fused-ring (bicyclic) bond motifs is 4. The van der Waals surface area contributed by atoms with E-state index in [0.717, 1.165) is 11.3 Å². The van der Waals surface area contributed by atoms with Crippen molar-refractivity contribution < 1.29 is 4.74 Å². The molecule has 0 N–H and O–H groups in total. The van der Waals surface area contributed by atoms with E-state index in [1.165, 1.54) is 25.7 Å². The van der Waals surface area contributed by atoms with Crippen molar-refractivity contribution in [3.8, 4) is 0 Å². The lowest BCUT2D eigenvalue weighted by atomic mass is 9.97. The van der Waals surface area contributed by atoms with Crippen molar-refractivity contribution in [3.63, 3.8) is 0 Å². The Labute approximate surface area is 61.8 Å². The van der Waals surface area contributed by atoms with Gasteiger partial charge in [-0.15, -0.1) is 0 Å². The van der Waals surface area contributed by atoms with E-state index in [-0.39, 0.29) is 0 Å². The van der Waals surface area contributed by atoms with Gasteiger partial charge in [-0.3, -0.25) is 0 Å². The standard InChI is InChI=1S/C9H14O/c1-9-4-6-2-3-8(10-6)7(9)5-9/h6-8H,2-5H2,1H3. The largest absolute Gasteiger partial charge is 0.375 e. The Morgan fingerprint density at radius 3 is 3.10 bits per heavy atom. The second-order valence-corrected chi connectivity index (χ2v) is 4.54. The van der Waals surface area contributed by atoms with E-state index in [9.17, 15) is 0 Å². The van der Waals surface area contributed by atoms with Gasteiger partial charge < -0.3 is 4.74 Å². The highest BCUT2D eigenvalue weighted by Crippen LogP contribution is 2.64. The molecule has 1 saturated carbocycles. The molecule has 1 heteroatoms. The van der Waals surface area contributed by atoms with E-state index in [1.54, 1.807) is 0 Å². The van der Waals surface area contributed by atoms with Crippen LogP contribution in [0.4, 0.5) is 0 Å². The molecule has 2 aliphatic heterocycles. The van der Waals surface area contributed by atoms with Gasteiger partial charge in [-0.25, -0.2) is 0 Å². The third-order valence-electron chi connectivity index (χ3n) is 3.70. The fourth-order valence-electron chi connectivity index (χ4n) is 2.96. The molecule has 3 aliphatic rings. The van der Waals surface area contributed by atoms with Crippen molar-refractivity contribution in [1.82, 2.24) is 0 Å². The Bertz CT molecular complexity index is 176. The predicted molar refractivity (Wildman–Crippen MR) is 38.7 cm³/mol. The van der Waals surface area contributed by atoms with E-state index in [2.05, 4.69) is 6.92 Å². The van der Waals surface area contributed by atoms with Crippen LogP contribution in [0.1, 0.15) is 32.6 Å². The van der Waals surface area contributed by atoms with Crippen LogP contribution in [0, 0.1) is 11.3 Å². The van der Waals surface area contributed by atoms with Crippen molar-refractivity contribution in [3.05, 3.63) is 0 Å². The lowest BCUT2D eigenvalue weighted by Crippen LogP contribution is -2.24. The lowest BCUT2D eigenvalue weighted by molar-refractivity contribution is -0.0198. The first-order valence-electron chi connectivity index (χ1n) is 4.43. The minimum Gasteiger partial charge on any atom is -0.375 e. The summed E-state index contributed by atoms with van der Waals surface area (Å²) in [6.07, 6.45) is 6.82. The molecule has 0 aromatic carbocycles. The van der Waals surface area contributed by atoms with E-state index < -0.39 is 0 Å². The number of hydrogen-bond acceptors (Lipinski definition) is 1. The molecule has 56 valence electrons. The predicted octanol–water partition coefficient (Wildman–Crippen LogP) is 1.96. The second kappa shape index (κ2) is 1.42. The summed E-state index contributed by atoms with van der Waals surface area (Å²) in [7, 11) is 0. The molecule has 2 heterocycles. The van der Waals surface area contributed by atoms with Crippen LogP contribution in [0.15, 0.2) is 0 Å². The molecule has 3 rings (SSSR count). The highest BCUT2D eigenvalue weighted by Gasteiger charge is 2.60. The molecule has 0 radical (unpaired) electrons. The van der Waals surface area contributed by atoms with E-state index in [1.807, 2.05) is 0 Å². The molecular formula is C9H14O. The molecule has 0 aromatic heterocycles. The van der Waals surface area contributed by atoms with Crippen LogP contribution in [0.2, 0.25) is 0 Å². The van der Waals surface area contributed by atoms with Gasteiger partial charge in [0.15, 0.2) is 0 Å². The van der Waals surface area contributed by atoms with E-state index >= 15 is 0 Å². The number of hydrogen-bond donors (Lipinski definition) is 0. The summed E-state index contributed by atoms with van der Waals surface area (Å²) in [5.74, 6) is 0.950. The zero-order chi connectivity index (χ0) is 6.77. The second-order valence-electron chi connectivity index (χ2n) is 4.54. The third kappa shape index (κ3) is 0.531. The monoisotopic (exact) mass is 138 g/mol. The molecule has 0 aromatic rings. The van der Waals surface area contributed by atoms with Crippen LogP contribution in [0.3, 0.4) is 0 Å². The van der Waals surface area contributed by atoms with Crippen molar-refractivity contribution >= 4 is 0 Å². The Morgan fingerprint density at radius 1 is 1.30 bits per heavy atom. The Morgan fingerprint density at radius 2 is 2.20 bits per heavy atom. The minimum atomic E-state index is 0.647. The van der Waals surface area contributed by atoms with Crippen molar-refractivity contribution in [2.45, 2.75) is 44.8 Å². The molecule has 2 bridgehead atoms. The van der Waals surface area contributed by atoms with Crippen LogP contribution < -0.4 is 0 Å². The zero-order valence-electron chi connectivity index (χ0n) is 6.47. The molecular weight excluding hydrogens is 124 g/mol. The maximum Gasteiger partial charge on any atom is 0.0613 e. The zero-order valence-corrected chi connectivity index (χ0v) is 6.47. The summed E-state index contributed by atoms with van der Waals surface area (Å²) in [4.78, 5) is 0. The average molecular weight is 138 g/mol. The van der Waals surface area contributed by atoms with Crippen LogP contribution in [-0.2, 0) is 4.74 Å². The van der Waals surface area contributed by atoms with Crippen molar-refractivity contribution in [1.29, 1.82) is 0 Å². The van der Waals surface area contributed by atoms with Gasteiger partial charge in [0.05, 0.1) is 12.2 Å². The fraction of sp³-hybridized carbons (Fsp3) is 1.00. The molecule has 10 heavy (non-hydrogen) atoms. The smallest absolute Gasteiger partial charge is 0.0613 e. The minimum absolute atomic E-state index is 0.647. The normalized spacial score (nSPS) is 63.9. The molecule has 0 amide bonds. The molecule has 2 saturated heterocycles. The van der Waals surface area contributed by atoms with Crippen LogP contribution in [0.5, 0.6) is 0 Å². The van der Waals surface area contributed by atoms with Gasteiger partial charge in [-0.1, -0.05) is 6.92 Å². The summed E-state index contributed by atoms with van der Waals surface area (Å²) < 4.78 is 5.82. The first kappa shape index (κ1) is 5.59. The fourth-order valence-corrected chi connectivity index (χ4v) is 2.96. The van der Waals surface area contributed by atoms with Gasteiger partial charge in [0.25, 0.3) is 0 Å². The van der Waals surface area contributed by atoms with Gasteiger partial charge >= 0.3 is 0 Å². The van der Waals surface area contributed by atoms with Gasteiger partial charge in [0.2, 0.25) is 0 Å². The van der Waals surface area contributed by atoms with Gasteiger partial charge in [-0.05, 0) is 37.0 Å². The van der Waals surface area contributed by atoms with E-state index in [0.29, 0.717) is 12.2 Å². The van der Waals surface area contributed by atoms with Crippen LogP contribution in [-0.4, -0.2) is 12.2 Å². The van der Waals surface area contributed by atoms with Crippen molar-refractivity contribution in [2.75, 3.05) is 0 Å². The molecule has 1 aliphatic carbocycles. The third-order valence-corrected chi connectivity index (χ3v) is 3.70. The molecule has 4 unspecified atom stereocenters. The lowest BCUT2D eigenvalue weighted by Gasteiger charge is -2.24. The highest BCUT2D eigenvalue weighted by atomic mass is 16.5. The summed E-state index contributed by atoms with van der Waals surface area (Å²) in [5, 5.41) is 0. The molecule has 3 fully saturated rings. The molecule has 4 atom stereocenters. The molecule has 1 nitrogen and oxygen atoms in total. The summed E-state index contributed by atoms with van der Waals surface area (Å²) in [5.41, 5.74) is 0.726. The number of rotatable bonds is 0. The Kier molecular flexibility index (Phi) is 0.797. The summed E-state index contributed by atoms with van der Waals surface area (Å²) in [6, 6.07) is 0. The van der Waals surface area contributed by atoms with Gasteiger partial charge in [0.1, 0.15) is 0 Å². The average Bonchev–Trinajstić information content (AvgIpc) is 2.36. The van der Waals surface area contributed by atoms with Gasteiger partial charge in [-0.2, -0.15) is 0 Å². The first-order valence-corrected chi connectivity index (χ1v) is 4.43. The molecule has 0 spiro atoms. The first-order chi connectivity index (χ1) is 4.78. The Hall–Kier alpha value is -0.0400. The maximum absolute atomic E-state index is 5.82. The topological polar surface area (TPSA) is 9.23 Å². The maximum atomic E-state index is 5.82. The SMILES string of the molecule is CC12CC3CCC(O3)C1C2. The highest BCUT2D eigenvalue weighted by molar-refractivity contribution is 5.09. The van der Waals surface area contributed by atoms with Crippen LogP contribution >= 0.6 is 0 Å². The van der Waals surface area contributed by atoms with Gasteiger partial charge in [0, 0.05) is 0 Å². The summed E-state index contributed by atoms with van der Waals surface area (Å²) in [6.45, 7) is 2.44. The summed E-state index contributed by atoms with van der Waals surface area (Å²) >= 11 is 0. The van der Waals surface area contributed by atoms with Crippen LogP contribution in [0.25, 0.3) is 0 Å².